The van der Waals surface area contributed by atoms with E-state index in [1.807, 2.05) is 0 Å². The molecule has 1 aromatic heterocycles. The lowest BCUT2D eigenvalue weighted by Gasteiger charge is -2.30. The smallest absolute Gasteiger partial charge is 0.325 e. The Kier molecular flexibility index (Phi) is 35.6. The van der Waals surface area contributed by atoms with Gasteiger partial charge in [0.15, 0.2) is 0 Å². The Balaban J connectivity index is 1.87. The molecule has 3 rings (SSSR count). The number of hydrogen-bond acceptors (Lipinski definition) is 20. The number of H-pyrrole nitrogens is 1. The summed E-state index contributed by atoms with van der Waals surface area (Å²) in [6.07, 6.45) is -0.473. The molecular weight excluding hydrogens is 1290 g/mol. The summed E-state index contributed by atoms with van der Waals surface area (Å²) in [6.45, 7) is 7.71. The van der Waals surface area contributed by atoms with Gasteiger partial charge in [-0.05, 0) is 87.2 Å². The first-order valence-corrected chi connectivity index (χ1v) is 32.6. The highest BCUT2D eigenvalue weighted by molar-refractivity contribution is 6.00. The van der Waals surface area contributed by atoms with Crippen molar-refractivity contribution in [3.05, 3.63) is 71.9 Å². The molecule has 12 amide bonds. The zero-order valence-electron chi connectivity index (χ0n) is 56.6. The second-order valence-electron chi connectivity index (χ2n) is 24.5. The summed E-state index contributed by atoms with van der Waals surface area (Å²) in [5.41, 5.74) is 25.0. The van der Waals surface area contributed by atoms with Crippen molar-refractivity contribution in [3.8, 4) is 0 Å². The van der Waals surface area contributed by atoms with Gasteiger partial charge in [-0.3, -0.25) is 67.1 Å². The zero-order valence-corrected chi connectivity index (χ0v) is 56.6. The maximum absolute atomic E-state index is 14.5. The van der Waals surface area contributed by atoms with Gasteiger partial charge in [0.2, 0.25) is 70.9 Å². The molecule has 3 aromatic rings. The van der Waals surface area contributed by atoms with Gasteiger partial charge in [0, 0.05) is 36.4 Å². The van der Waals surface area contributed by atoms with Crippen molar-refractivity contribution in [2.45, 2.75) is 172 Å². The lowest BCUT2D eigenvalue weighted by molar-refractivity contribution is -0.142. The predicted molar refractivity (Wildman–Crippen MR) is 359 cm³/mol. The molecule has 0 unspecified atom stereocenters. The van der Waals surface area contributed by atoms with Gasteiger partial charge >= 0.3 is 11.9 Å². The number of carboxylic acid groups (broad SMARTS) is 2. The van der Waals surface area contributed by atoms with Crippen LogP contribution in [-0.4, -0.2) is 220 Å². The molecule has 0 bridgehead atoms. The minimum atomic E-state index is -1.86. The predicted octanol–water partition coefficient (Wildman–Crippen LogP) is -5.91. The molecule has 0 spiro atoms. The number of hydrogen-bond donors (Lipinski definition) is 21. The van der Waals surface area contributed by atoms with Crippen LogP contribution in [0.1, 0.15) is 98.1 Å². The molecule has 13 atom stereocenters. The third-order valence-electron chi connectivity index (χ3n) is 16.1. The Morgan fingerprint density at radius 3 is 1.37 bits per heavy atom. The number of amides is 12. The summed E-state index contributed by atoms with van der Waals surface area (Å²) in [5.74, 6) is -15.7. The normalized spacial score (nSPS) is 15.2. The third-order valence-corrected chi connectivity index (χ3v) is 16.1. The van der Waals surface area contributed by atoms with Crippen LogP contribution in [0.3, 0.4) is 0 Å². The van der Waals surface area contributed by atoms with Crippen LogP contribution in [-0.2, 0) is 80.0 Å². The molecule has 99 heavy (non-hydrogen) atoms. The average Bonchev–Trinajstić information content (AvgIpc) is 1.75. The number of aliphatic hydroxyl groups excluding tert-OH is 2. The summed E-state index contributed by atoms with van der Waals surface area (Å²) >= 11 is 0. The number of aromatic amines is 1. The Hall–Kier alpha value is -9.68. The summed E-state index contributed by atoms with van der Waals surface area (Å²) in [4.78, 5) is 192. The molecule has 35 nitrogen and oxygen atoms in total. The molecule has 2 aromatic carbocycles. The van der Waals surface area contributed by atoms with Crippen LogP contribution >= 0.6 is 0 Å². The molecule has 25 N–H and O–H groups in total. The minimum absolute atomic E-state index is 0.0238. The number of aliphatic carboxylic acids is 2. The van der Waals surface area contributed by atoms with E-state index >= 15 is 0 Å². The van der Waals surface area contributed by atoms with Gasteiger partial charge in [-0.15, -0.1) is 0 Å². The van der Waals surface area contributed by atoms with Gasteiger partial charge in [0.25, 0.3) is 0 Å². The van der Waals surface area contributed by atoms with Crippen molar-refractivity contribution in [2.75, 3.05) is 39.4 Å². The van der Waals surface area contributed by atoms with E-state index in [4.69, 9.17) is 22.9 Å². The first-order chi connectivity index (χ1) is 46.8. The maximum atomic E-state index is 14.5. The summed E-state index contributed by atoms with van der Waals surface area (Å²) in [6, 6.07) is -2.66. The Bertz CT molecular complexity index is 3240. The van der Waals surface area contributed by atoms with E-state index in [0.717, 1.165) is 0 Å². The van der Waals surface area contributed by atoms with E-state index in [-0.39, 0.29) is 57.7 Å². The number of nitrogens with two attached hydrogens (primary N) is 4. The monoisotopic (exact) mass is 1390 g/mol. The summed E-state index contributed by atoms with van der Waals surface area (Å²) in [5, 5.41) is 69.9. The van der Waals surface area contributed by atoms with Crippen molar-refractivity contribution in [1.29, 1.82) is 0 Å². The lowest BCUT2D eigenvalue weighted by Crippen LogP contribution is -2.62. The Morgan fingerprint density at radius 1 is 0.455 bits per heavy atom. The highest BCUT2D eigenvalue weighted by atomic mass is 16.4. The molecule has 0 radical (unpaired) electrons. The van der Waals surface area contributed by atoms with Crippen LogP contribution in [0, 0.1) is 17.8 Å². The molecule has 0 aliphatic carbocycles. The number of fused-ring (bicyclic) bond motifs is 1. The molecule has 35 heteroatoms. The molecule has 548 valence electrons. The van der Waals surface area contributed by atoms with Crippen LogP contribution in [0.4, 0.5) is 0 Å². The quantitative estimate of drug-likeness (QED) is 0.0251. The van der Waals surface area contributed by atoms with Gasteiger partial charge < -0.3 is 112 Å². The number of carboxylic acids is 2. The van der Waals surface area contributed by atoms with Crippen LogP contribution in [0.15, 0.2) is 60.8 Å². The number of para-hydroxylation sites is 1. The SMILES string of the molecule is CC[C@@H](C)[C@@H](NC(=O)[C@@H](NC(=O)[C@H](CCC(=O)O)NC(=O)[C@H](Cc1ccccc1)NC(=O)[C@@H](CCN)NC(=O)[C@H](CCN)NC(=O)[C@H](CO)NC(=O)[C@@H](Cc1c[nH]c2ccccc12)NC(=O)[C@@H](CO)NC(=O)CNC(=O)[C@@H](CCN)NC(=O)[C@H](N)C(C)C)C(C)C)C(=O)N[C@@H](C)C(=O)O. The summed E-state index contributed by atoms with van der Waals surface area (Å²) < 4.78 is 0. The number of benzene rings is 2. The van der Waals surface area contributed by atoms with E-state index in [1.165, 1.54) is 6.92 Å². The van der Waals surface area contributed by atoms with E-state index in [1.54, 1.807) is 102 Å². The number of carbonyl (C=O) groups excluding carboxylic acids is 12. The summed E-state index contributed by atoms with van der Waals surface area (Å²) in [7, 11) is 0. The van der Waals surface area contributed by atoms with Gasteiger partial charge in [-0.1, -0.05) is 96.5 Å². The van der Waals surface area contributed by atoms with Crippen molar-refractivity contribution in [2.24, 2.45) is 40.7 Å². The Labute approximate surface area is 572 Å². The largest absolute Gasteiger partial charge is 0.481 e. The fourth-order valence-corrected chi connectivity index (χ4v) is 9.86. The molecule has 0 aliphatic heterocycles. The minimum Gasteiger partial charge on any atom is -0.481 e. The molecular formula is C64H99N17O18. The number of rotatable bonds is 44. The van der Waals surface area contributed by atoms with Crippen molar-refractivity contribution >= 4 is 93.7 Å². The first kappa shape index (κ1) is 83.5. The van der Waals surface area contributed by atoms with Gasteiger partial charge in [-0.2, -0.15) is 0 Å². The maximum Gasteiger partial charge on any atom is 0.325 e. The second-order valence-corrected chi connectivity index (χ2v) is 24.5. The van der Waals surface area contributed by atoms with Crippen molar-refractivity contribution in [1.82, 2.24) is 68.8 Å². The molecule has 0 saturated heterocycles. The lowest BCUT2D eigenvalue weighted by atomic mass is 9.96. The highest BCUT2D eigenvalue weighted by Gasteiger charge is 2.38. The van der Waals surface area contributed by atoms with Gasteiger partial charge in [0.1, 0.15) is 66.5 Å². The second kappa shape index (κ2) is 42.2. The van der Waals surface area contributed by atoms with Gasteiger partial charge in [0.05, 0.1) is 25.8 Å². The molecule has 0 aliphatic rings. The number of nitrogens with one attached hydrogen (secondary N) is 13. The topological polar surface area (TPSA) is 584 Å². The first-order valence-electron chi connectivity index (χ1n) is 32.6. The van der Waals surface area contributed by atoms with Crippen molar-refractivity contribution < 1.29 is 87.5 Å². The number of aromatic nitrogens is 1. The van der Waals surface area contributed by atoms with Gasteiger partial charge in [-0.25, -0.2) is 0 Å². The number of carbonyl (C=O) groups is 14. The molecule has 0 fully saturated rings. The van der Waals surface area contributed by atoms with E-state index < -0.39 is 200 Å². The van der Waals surface area contributed by atoms with Crippen LogP contribution < -0.4 is 86.7 Å². The van der Waals surface area contributed by atoms with E-state index in [9.17, 15) is 87.5 Å². The zero-order chi connectivity index (χ0) is 74.2. The molecule has 1 heterocycles. The van der Waals surface area contributed by atoms with E-state index in [2.05, 4.69) is 68.8 Å². The van der Waals surface area contributed by atoms with Crippen LogP contribution in [0.2, 0.25) is 0 Å². The molecule has 0 saturated carbocycles. The third kappa shape index (κ3) is 27.3. The van der Waals surface area contributed by atoms with Crippen LogP contribution in [0.25, 0.3) is 10.9 Å². The van der Waals surface area contributed by atoms with E-state index in [0.29, 0.717) is 28.5 Å². The average molecular weight is 1390 g/mol. The van der Waals surface area contributed by atoms with Crippen LogP contribution in [0.5, 0.6) is 0 Å². The standard InChI is InChI=1S/C64H99N17O18/c1-8-34(6)52(63(97)71-35(7)64(98)99)81-62(96)51(33(4)5)80-56(90)40(18-19-49(85)86)73-57(91)44(26-36-14-10-9-11-15-36)77-55(89)43(22-25-67)74-54(88)42(21-24-66)75-60(94)47(31-83)79-58(92)45(27-37-28-69-39-17-13-12-16-38(37)39)78-59(93)46(30-82)72-48(84)29-70-53(87)41(20-23-65)76-61(95)50(68)32(2)3/h9-17,28,32-35,40-47,50-52,69,82-83H,8,18-27,29-31,65-68H2,1-7H3,(H,70,87)(H,71,97)(H,72,84)(H,73,91)(H,74,88)(H,75,94)(H,76,95)(H,77,89)(H,78,93)(H,79,92)(H,80,90)(H,81,96)(H,85,86)(H,98,99)/t34-,35+,40+,41-,42+,43-,44+,45-,46-,47+,50-,51+,52-/m1/s1. The fraction of sp³-hybridized carbons (Fsp3) is 0.562. The Morgan fingerprint density at radius 2 is 0.879 bits per heavy atom. The number of aliphatic hydroxyl groups is 2. The van der Waals surface area contributed by atoms with Crippen molar-refractivity contribution in [3.63, 3.8) is 0 Å². The fourth-order valence-electron chi connectivity index (χ4n) is 9.86. The highest BCUT2D eigenvalue weighted by Crippen LogP contribution is 2.20.